The van der Waals surface area contributed by atoms with E-state index < -0.39 is 0 Å². The highest BCUT2D eigenvalue weighted by Crippen LogP contribution is 1.92. The molecule has 0 saturated carbocycles. The molecule has 0 aliphatic carbocycles. The van der Waals surface area contributed by atoms with Crippen LogP contribution < -0.4 is 4.70 Å². The fourth-order valence-corrected chi connectivity index (χ4v) is 0.716. The van der Waals surface area contributed by atoms with Crippen molar-refractivity contribution in [3.8, 4) is 0 Å². The Bertz CT molecular complexity index is 175. The zero-order valence-corrected chi connectivity index (χ0v) is 8.88. The number of hydrogen-bond acceptors (Lipinski definition) is 1. The molecule has 0 heterocycles. The molecule has 0 rings (SSSR count). The van der Waals surface area contributed by atoms with Crippen molar-refractivity contribution in [1.82, 2.24) is 4.90 Å². The molecule has 0 unspecified atom stereocenters. The van der Waals surface area contributed by atoms with Crippen molar-refractivity contribution in [1.29, 1.82) is 0 Å². The minimum atomic E-state index is -0.0107. The van der Waals surface area contributed by atoms with Crippen LogP contribution in [0.25, 0.3) is 0 Å². The molecule has 0 fully saturated rings. The van der Waals surface area contributed by atoms with Crippen LogP contribution >= 0.6 is 0 Å². The van der Waals surface area contributed by atoms with E-state index in [4.69, 9.17) is 0 Å². The predicted octanol–water partition coefficient (Wildman–Crippen LogP) is -2.66. The van der Waals surface area contributed by atoms with Gasteiger partial charge in [0.15, 0.2) is 0 Å². The molecule has 0 spiro atoms. The summed E-state index contributed by atoms with van der Waals surface area (Å²) in [6.07, 6.45) is 1.34. The van der Waals surface area contributed by atoms with Gasteiger partial charge in [0, 0.05) is 7.05 Å². The maximum atomic E-state index is 11.0. The third-order valence-electron chi connectivity index (χ3n) is 1.66. The lowest BCUT2D eigenvalue weighted by Crippen LogP contribution is -3.00. The lowest BCUT2D eigenvalue weighted by atomic mass is 10.4. The van der Waals surface area contributed by atoms with Crippen molar-refractivity contribution >= 4 is 5.91 Å². The smallest absolute Gasteiger partial charge is 0.245 e. The van der Waals surface area contributed by atoms with Gasteiger partial charge in [-0.3, -0.25) is 4.79 Å². The molecule has 0 bridgehead atoms. The summed E-state index contributed by atoms with van der Waals surface area (Å²) in [5.41, 5.74) is 0. The van der Waals surface area contributed by atoms with Gasteiger partial charge in [-0.05, 0) is 6.08 Å². The molecular formula is C9H19FN2O. The van der Waals surface area contributed by atoms with E-state index in [2.05, 4.69) is 27.7 Å². The maximum absolute atomic E-state index is 11.0. The first-order valence-electron chi connectivity index (χ1n) is 4.05. The van der Waals surface area contributed by atoms with Gasteiger partial charge in [0.05, 0.1) is 34.2 Å². The Morgan fingerprint density at radius 1 is 1.46 bits per heavy atom. The molecule has 0 saturated heterocycles. The Balaban J connectivity index is 0. The second-order valence-electron chi connectivity index (χ2n) is 3.98. The van der Waals surface area contributed by atoms with E-state index in [1.54, 1.807) is 11.9 Å². The summed E-state index contributed by atoms with van der Waals surface area (Å²) in [6.45, 7) is 5.16. The fourth-order valence-electron chi connectivity index (χ4n) is 0.716. The van der Waals surface area contributed by atoms with Crippen LogP contribution in [0.15, 0.2) is 12.7 Å². The van der Waals surface area contributed by atoms with Gasteiger partial charge in [-0.2, -0.15) is 0 Å². The van der Waals surface area contributed by atoms with E-state index in [0.29, 0.717) is 0 Å². The van der Waals surface area contributed by atoms with Crippen molar-refractivity contribution in [2.24, 2.45) is 0 Å². The highest BCUT2D eigenvalue weighted by molar-refractivity contribution is 5.86. The molecular weight excluding hydrogens is 171 g/mol. The Morgan fingerprint density at radius 3 is 2.23 bits per heavy atom. The monoisotopic (exact) mass is 190 g/mol. The topological polar surface area (TPSA) is 20.3 Å². The summed E-state index contributed by atoms with van der Waals surface area (Å²) >= 11 is 0. The zero-order chi connectivity index (χ0) is 9.78. The van der Waals surface area contributed by atoms with Gasteiger partial charge in [0.1, 0.15) is 0 Å². The van der Waals surface area contributed by atoms with Gasteiger partial charge in [0.25, 0.3) is 0 Å². The van der Waals surface area contributed by atoms with Crippen LogP contribution in [0.3, 0.4) is 0 Å². The SMILES string of the molecule is C=CC(=O)N(C)CC[N+](C)(C)C.[F-]. The Morgan fingerprint density at radius 2 is 1.92 bits per heavy atom. The van der Waals surface area contributed by atoms with Gasteiger partial charge < -0.3 is 14.1 Å². The lowest BCUT2D eigenvalue weighted by molar-refractivity contribution is -0.869. The van der Waals surface area contributed by atoms with Crippen LogP contribution in [0, 0.1) is 0 Å². The summed E-state index contributed by atoms with van der Waals surface area (Å²) in [7, 11) is 8.10. The first kappa shape index (κ1) is 14.6. The standard InChI is InChI=1S/C9H19N2O.FH/c1-6-9(12)10(2)7-8-11(3,4)5;/h6H,1,7-8H2,2-5H3;1H/q+1;/p-1. The molecule has 4 heteroatoms. The second-order valence-corrected chi connectivity index (χ2v) is 3.98. The quantitative estimate of drug-likeness (QED) is 0.350. The largest absolute Gasteiger partial charge is 1.00 e. The number of hydrogen-bond donors (Lipinski definition) is 0. The summed E-state index contributed by atoms with van der Waals surface area (Å²) in [5, 5.41) is 0. The fraction of sp³-hybridized carbons (Fsp3) is 0.667. The summed E-state index contributed by atoms with van der Waals surface area (Å²) in [5.74, 6) is -0.0107. The third-order valence-corrected chi connectivity index (χ3v) is 1.66. The van der Waals surface area contributed by atoms with Crippen molar-refractivity contribution < 1.29 is 14.0 Å². The highest BCUT2D eigenvalue weighted by Gasteiger charge is 2.10. The van der Waals surface area contributed by atoms with Gasteiger partial charge in [0.2, 0.25) is 5.91 Å². The first-order chi connectivity index (χ1) is 5.37. The summed E-state index contributed by atoms with van der Waals surface area (Å²) < 4.78 is 0.870. The molecule has 0 aliphatic rings. The van der Waals surface area contributed by atoms with Gasteiger partial charge in [-0.1, -0.05) is 6.58 Å². The molecule has 13 heavy (non-hydrogen) atoms. The van der Waals surface area contributed by atoms with E-state index in [-0.39, 0.29) is 10.6 Å². The second kappa shape index (κ2) is 5.70. The van der Waals surface area contributed by atoms with Crippen molar-refractivity contribution in [2.45, 2.75) is 0 Å². The number of carbonyl (C=O) groups is 1. The highest BCUT2D eigenvalue weighted by atomic mass is 19.0. The molecule has 78 valence electrons. The summed E-state index contributed by atoms with van der Waals surface area (Å²) in [6, 6.07) is 0. The minimum Gasteiger partial charge on any atom is -1.00 e. The van der Waals surface area contributed by atoms with E-state index in [1.165, 1.54) is 6.08 Å². The van der Waals surface area contributed by atoms with Crippen molar-refractivity contribution in [2.75, 3.05) is 41.3 Å². The molecule has 0 atom stereocenters. The predicted molar refractivity (Wildman–Crippen MR) is 50.7 cm³/mol. The van der Waals surface area contributed by atoms with Crippen LogP contribution in [-0.4, -0.2) is 56.6 Å². The van der Waals surface area contributed by atoms with Crippen LogP contribution in [0.2, 0.25) is 0 Å². The maximum Gasteiger partial charge on any atom is 0.245 e. The Labute approximate surface area is 79.6 Å². The molecule has 0 aliphatic heterocycles. The van der Waals surface area contributed by atoms with Crippen molar-refractivity contribution in [3.63, 3.8) is 0 Å². The van der Waals surface area contributed by atoms with Crippen LogP contribution in [-0.2, 0) is 4.79 Å². The number of likely N-dealkylation sites (N-methyl/N-ethyl adjacent to an activating group) is 2. The zero-order valence-electron chi connectivity index (χ0n) is 8.88. The molecule has 0 aromatic heterocycles. The first-order valence-corrected chi connectivity index (χ1v) is 4.05. The van der Waals surface area contributed by atoms with E-state index >= 15 is 0 Å². The molecule has 0 radical (unpaired) electrons. The van der Waals surface area contributed by atoms with E-state index in [0.717, 1.165) is 17.6 Å². The van der Waals surface area contributed by atoms with Gasteiger partial charge in [-0.25, -0.2) is 0 Å². The number of carbonyl (C=O) groups excluding carboxylic acids is 1. The molecule has 3 nitrogen and oxygen atoms in total. The van der Waals surface area contributed by atoms with Gasteiger partial charge in [-0.15, -0.1) is 0 Å². The van der Waals surface area contributed by atoms with Crippen molar-refractivity contribution in [3.05, 3.63) is 12.7 Å². The Kier molecular flexibility index (Phi) is 6.40. The van der Waals surface area contributed by atoms with Crippen LogP contribution in [0.5, 0.6) is 0 Å². The van der Waals surface area contributed by atoms with Crippen LogP contribution in [0.4, 0.5) is 0 Å². The average Bonchev–Trinajstić information content (AvgIpc) is 1.97. The summed E-state index contributed by atoms with van der Waals surface area (Å²) in [4.78, 5) is 12.7. The number of halogens is 1. The number of nitrogens with zero attached hydrogens (tertiary/aromatic N) is 2. The molecule has 0 aromatic carbocycles. The normalized spacial score (nSPS) is 10.2. The number of quaternary nitrogens is 1. The third kappa shape index (κ3) is 7.46. The molecule has 0 N–H and O–H groups in total. The Hall–Kier alpha value is -0.900. The number of amides is 1. The van der Waals surface area contributed by atoms with E-state index in [1.807, 2.05) is 0 Å². The molecule has 1 amide bonds. The minimum absolute atomic E-state index is 0. The average molecular weight is 190 g/mol. The number of rotatable bonds is 4. The van der Waals surface area contributed by atoms with Gasteiger partial charge >= 0.3 is 0 Å². The van der Waals surface area contributed by atoms with E-state index in [9.17, 15) is 4.79 Å². The van der Waals surface area contributed by atoms with Crippen LogP contribution in [0.1, 0.15) is 0 Å². The molecule has 0 aromatic rings. The lowest BCUT2D eigenvalue weighted by Gasteiger charge is -2.26.